The van der Waals surface area contributed by atoms with Crippen molar-refractivity contribution in [2.45, 2.75) is 39.4 Å². The summed E-state index contributed by atoms with van der Waals surface area (Å²) in [5, 5.41) is 0. The minimum atomic E-state index is -0.689. The van der Waals surface area contributed by atoms with Gasteiger partial charge in [-0.05, 0) is 52.0 Å². The molecular formula is C14H18O4. The van der Waals surface area contributed by atoms with Crippen LogP contribution in [0.2, 0.25) is 0 Å². The number of esters is 1. The van der Waals surface area contributed by atoms with Crippen molar-refractivity contribution in [1.82, 2.24) is 0 Å². The molecule has 18 heavy (non-hydrogen) atoms. The van der Waals surface area contributed by atoms with Crippen molar-refractivity contribution < 1.29 is 19.1 Å². The van der Waals surface area contributed by atoms with Gasteiger partial charge in [0.1, 0.15) is 17.6 Å². The Hall–Kier alpha value is -1.84. The zero-order valence-corrected chi connectivity index (χ0v) is 11.1. The molecule has 0 aliphatic heterocycles. The summed E-state index contributed by atoms with van der Waals surface area (Å²) in [4.78, 5) is 22.2. The van der Waals surface area contributed by atoms with Crippen molar-refractivity contribution in [3.63, 3.8) is 0 Å². The molecule has 0 aliphatic rings. The standard InChI is InChI=1S/C14H18O4/c1-10(13(16)18-14(2,3)4)17-12-7-5-11(9-15)6-8-12/h5-10H,1-4H3. The first-order chi connectivity index (χ1) is 8.31. The van der Waals surface area contributed by atoms with Gasteiger partial charge in [0.25, 0.3) is 0 Å². The molecule has 1 unspecified atom stereocenters. The Morgan fingerprint density at radius 2 is 1.78 bits per heavy atom. The van der Waals surface area contributed by atoms with E-state index in [1.165, 1.54) is 0 Å². The van der Waals surface area contributed by atoms with Crippen molar-refractivity contribution in [1.29, 1.82) is 0 Å². The highest BCUT2D eigenvalue weighted by Gasteiger charge is 2.22. The molecule has 0 aromatic heterocycles. The van der Waals surface area contributed by atoms with Gasteiger partial charge in [0, 0.05) is 5.56 Å². The van der Waals surface area contributed by atoms with E-state index in [-0.39, 0.29) is 0 Å². The summed E-state index contributed by atoms with van der Waals surface area (Å²) >= 11 is 0. The lowest BCUT2D eigenvalue weighted by Crippen LogP contribution is -2.33. The lowest BCUT2D eigenvalue weighted by atomic mass is 10.2. The Balaban J connectivity index is 2.60. The molecule has 0 saturated heterocycles. The fraction of sp³-hybridized carbons (Fsp3) is 0.429. The second-order valence-electron chi connectivity index (χ2n) is 4.98. The molecule has 0 saturated carbocycles. The van der Waals surface area contributed by atoms with Crippen LogP contribution in [0, 0.1) is 0 Å². The molecule has 0 radical (unpaired) electrons. The zero-order valence-electron chi connectivity index (χ0n) is 11.1. The van der Waals surface area contributed by atoms with Crippen molar-refractivity contribution in [2.24, 2.45) is 0 Å². The van der Waals surface area contributed by atoms with Crippen LogP contribution in [0.1, 0.15) is 38.1 Å². The summed E-state index contributed by atoms with van der Waals surface area (Å²) in [7, 11) is 0. The molecule has 0 aliphatic carbocycles. The van der Waals surface area contributed by atoms with Crippen LogP contribution in [0.15, 0.2) is 24.3 Å². The van der Waals surface area contributed by atoms with Crippen LogP contribution in [0.25, 0.3) is 0 Å². The van der Waals surface area contributed by atoms with Crippen LogP contribution in [0.4, 0.5) is 0 Å². The van der Waals surface area contributed by atoms with Gasteiger partial charge >= 0.3 is 5.97 Å². The third kappa shape index (κ3) is 4.57. The topological polar surface area (TPSA) is 52.6 Å². The molecular weight excluding hydrogens is 232 g/mol. The Morgan fingerprint density at radius 1 is 1.22 bits per heavy atom. The summed E-state index contributed by atoms with van der Waals surface area (Å²) in [5.41, 5.74) is 0.0306. The highest BCUT2D eigenvalue weighted by molar-refractivity contribution is 5.76. The zero-order chi connectivity index (χ0) is 13.8. The van der Waals surface area contributed by atoms with Gasteiger partial charge in [0.15, 0.2) is 6.10 Å². The monoisotopic (exact) mass is 250 g/mol. The van der Waals surface area contributed by atoms with Crippen LogP contribution in [0.3, 0.4) is 0 Å². The molecule has 0 fully saturated rings. The van der Waals surface area contributed by atoms with Gasteiger partial charge in [0.2, 0.25) is 0 Å². The maximum Gasteiger partial charge on any atom is 0.347 e. The minimum absolute atomic E-state index is 0.415. The van der Waals surface area contributed by atoms with E-state index in [2.05, 4.69) is 0 Å². The van der Waals surface area contributed by atoms with Crippen molar-refractivity contribution in [3.8, 4) is 5.75 Å². The summed E-state index contributed by atoms with van der Waals surface area (Å²) in [6, 6.07) is 6.55. The van der Waals surface area contributed by atoms with Crippen molar-refractivity contribution >= 4 is 12.3 Å². The van der Waals surface area contributed by atoms with Crippen LogP contribution >= 0.6 is 0 Å². The summed E-state index contributed by atoms with van der Waals surface area (Å²) < 4.78 is 10.6. The smallest absolute Gasteiger partial charge is 0.347 e. The van der Waals surface area contributed by atoms with Gasteiger partial charge in [-0.2, -0.15) is 0 Å². The Labute approximate surface area is 107 Å². The molecule has 0 amide bonds. The maximum atomic E-state index is 11.7. The average Bonchev–Trinajstić information content (AvgIpc) is 2.27. The van der Waals surface area contributed by atoms with E-state index in [4.69, 9.17) is 9.47 Å². The number of benzene rings is 1. The van der Waals surface area contributed by atoms with Gasteiger partial charge in [0.05, 0.1) is 0 Å². The molecule has 1 rings (SSSR count). The molecule has 0 spiro atoms. The number of rotatable bonds is 4. The molecule has 1 aromatic carbocycles. The van der Waals surface area contributed by atoms with E-state index in [9.17, 15) is 9.59 Å². The highest BCUT2D eigenvalue weighted by Crippen LogP contribution is 2.15. The maximum absolute atomic E-state index is 11.7. The molecule has 4 nitrogen and oxygen atoms in total. The minimum Gasteiger partial charge on any atom is -0.479 e. The van der Waals surface area contributed by atoms with E-state index in [1.54, 1.807) is 52.0 Å². The number of aldehydes is 1. The van der Waals surface area contributed by atoms with E-state index in [0.717, 1.165) is 6.29 Å². The van der Waals surface area contributed by atoms with Gasteiger partial charge in [-0.1, -0.05) is 0 Å². The fourth-order valence-corrected chi connectivity index (χ4v) is 1.26. The van der Waals surface area contributed by atoms with E-state index < -0.39 is 17.7 Å². The molecule has 4 heteroatoms. The normalized spacial score (nSPS) is 12.7. The van der Waals surface area contributed by atoms with Gasteiger partial charge in [-0.3, -0.25) is 4.79 Å². The third-order valence-corrected chi connectivity index (χ3v) is 2.07. The third-order valence-electron chi connectivity index (χ3n) is 2.07. The van der Waals surface area contributed by atoms with Crippen LogP contribution in [-0.4, -0.2) is 24.0 Å². The number of carbonyl (C=O) groups is 2. The summed E-state index contributed by atoms with van der Waals surface area (Å²) in [6.45, 7) is 7.03. The first kappa shape index (κ1) is 14.2. The average molecular weight is 250 g/mol. The SMILES string of the molecule is CC(Oc1ccc(C=O)cc1)C(=O)OC(C)(C)C. The molecule has 0 bridgehead atoms. The van der Waals surface area contributed by atoms with Gasteiger partial charge in [-0.25, -0.2) is 4.79 Å². The van der Waals surface area contributed by atoms with Gasteiger partial charge < -0.3 is 9.47 Å². The van der Waals surface area contributed by atoms with Crippen molar-refractivity contribution in [2.75, 3.05) is 0 Å². The molecule has 0 N–H and O–H groups in total. The predicted molar refractivity (Wildman–Crippen MR) is 67.8 cm³/mol. The van der Waals surface area contributed by atoms with Crippen LogP contribution < -0.4 is 4.74 Å². The number of hydrogen-bond donors (Lipinski definition) is 0. The first-order valence-corrected chi connectivity index (χ1v) is 5.76. The van der Waals surface area contributed by atoms with Crippen LogP contribution in [-0.2, 0) is 9.53 Å². The van der Waals surface area contributed by atoms with Crippen LogP contribution in [0.5, 0.6) is 5.75 Å². The molecule has 0 heterocycles. The Morgan fingerprint density at radius 3 is 2.22 bits per heavy atom. The Kier molecular flexibility index (Phi) is 4.48. The first-order valence-electron chi connectivity index (χ1n) is 5.76. The fourth-order valence-electron chi connectivity index (χ4n) is 1.26. The largest absolute Gasteiger partial charge is 0.479 e. The Bertz CT molecular complexity index is 414. The highest BCUT2D eigenvalue weighted by atomic mass is 16.6. The molecule has 98 valence electrons. The summed E-state index contributed by atoms with van der Waals surface area (Å²) in [6.07, 6.45) is 0.0625. The predicted octanol–water partition coefficient (Wildman–Crippen LogP) is 2.61. The number of carbonyl (C=O) groups excluding carboxylic acids is 2. The van der Waals surface area contributed by atoms with E-state index in [0.29, 0.717) is 11.3 Å². The lowest BCUT2D eigenvalue weighted by Gasteiger charge is -2.22. The molecule has 1 aromatic rings. The second kappa shape index (κ2) is 5.67. The molecule has 1 atom stereocenters. The quantitative estimate of drug-likeness (QED) is 0.609. The lowest BCUT2D eigenvalue weighted by molar-refractivity contribution is -0.162. The summed E-state index contributed by atoms with van der Waals surface area (Å²) in [5.74, 6) is 0.112. The number of ether oxygens (including phenoxy) is 2. The van der Waals surface area contributed by atoms with Crippen molar-refractivity contribution in [3.05, 3.63) is 29.8 Å². The van der Waals surface area contributed by atoms with E-state index >= 15 is 0 Å². The number of hydrogen-bond acceptors (Lipinski definition) is 4. The second-order valence-corrected chi connectivity index (χ2v) is 4.98. The van der Waals surface area contributed by atoms with E-state index in [1.807, 2.05) is 0 Å². The van der Waals surface area contributed by atoms with Gasteiger partial charge in [-0.15, -0.1) is 0 Å².